The molecule has 0 N–H and O–H groups in total. The highest BCUT2D eigenvalue weighted by Gasteiger charge is 2.40. The van der Waals surface area contributed by atoms with Crippen molar-refractivity contribution in [3.8, 4) is 0 Å². The number of imidazole rings is 1. The summed E-state index contributed by atoms with van der Waals surface area (Å²) in [5, 5.41) is 0. The maximum atomic E-state index is 4.89. The molecule has 0 bridgehead atoms. The van der Waals surface area contributed by atoms with Gasteiger partial charge in [-0.05, 0) is 38.5 Å². The molecule has 2 aromatic rings. The van der Waals surface area contributed by atoms with E-state index in [1.807, 2.05) is 0 Å². The molecule has 5 rings (SSSR count). The van der Waals surface area contributed by atoms with Crippen molar-refractivity contribution in [1.82, 2.24) is 24.4 Å². The van der Waals surface area contributed by atoms with Crippen LogP contribution in [0.5, 0.6) is 0 Å². The number of anilines is 1. The summed E-state index contributed by atoms with van der Waals surface area (Å²) in [6.45, 7) is 11.0. The molecule has 138 valence electrons. The van der Waals surface area contributed by atoms with E-state index in [4.69, 9.17) is 4.98 Å². The molecular formula is C20H28N6. The van der Waals surface area contributed by atoms with Crippen molar-refractivity contribution in [3.63, 3.8) is 0 Å². The summed E-state index contributed by atoms with van der Waals surface area (Å²) in [6, 6.07) is 0. The number of aryl methyl sites for hydroxylation is 3. The van der Waals surface area contributed by atoms with Crippen LogP contribution in [0.25, 0.3) is 0 Å². The van der Waals surface area contributed by atoms with E-state index in [1.54, 1.807) is 6.33 Å². The quantitative estimate of drug-likeness (QED) is 0.848. The first-order valence-corrected chi connectivity index (χ1v) is 9.98. The van der Waals surface area contributed by atoms with E-state index >= 15 is 0 Å². The molecular weight excluding hydrogens is 324 g/mol. The van der Waals surface area contributed by atoms with Gasteiger partial charge in [0.25, 0.3) is 0 Å². The number of hydrogen-bond donors (Lipinski definition) is 0. The molecule has 5 heterocycles. The average Bonchev–Trinajstić information content (AvgIpc) is 3.29. The maximum Gasteiger partial charge on any atom is 0.135 e. The van der Waals surface area contributed by atoms with Crippen molar-refractivity contribution in [2.45, 2.75) is 46.2 Å². The van der Waals surface area contributed by atoms with Gasteiger partial charge in [0.2, 0.25) is 0 Å². The largest absolute Gasteiger partial charge is 0.356 e. The van der Waals surface area contributed by atoms with Gasteiger partial charge in [-0.3, -0.25) is 4.90 Å². The predicted octanol–water partition coefficient (Wildman–Crippen LogP) is 2.19. The minimum absolute atomic E-state index is 0.752. The van der Waals surface area contributed by atoms with E-state index in [0.717, 1.165) is 55.9 Å². The number of rotatable bonds is 3. The van der Waals surface area contributed by atoms with Crippen molar-refractivity contribution in [1.29, 1.82) is 0 Å². The first-order chi connectivity index (χ1) is 12.7. The fourth-order valence-corrected chi connectivity index (χ4v) is 5.01. The lowest BCUT2D eigenvalue weighted by atomic mass is 10.0. The molecule has 0 aromatic carbocycles. The Bertz CT molecular complexity index is 775. The Labute approximate surface area is 155 Å². The molecule has 0 radical (unpaired) electrons. The summed E-state index contributed by atoms with van der Waals surface area (Å²) >= 11 is 0. The molecule has 0 spiro atoms. The monoisotopic (exact) mass is 352 g/mol. The lowest BCUT2D eigenvalue weighted by Crippen LogP contribution is -2.29. The zero-order valence-electron chi connectivity index (χ0n) is 15.9. The highest BCUT2D eigenvalue weighted by atomic mass is 15.3. The van der Waals surface area contributed by atoms with Gasteiger partial charge in [0.05, 0.1) is 5.69 Å². The molecule has 0 amide bonds. The normalized spacial score (nSPS) is 25.5. The fraction of sp³-hybridized carbons (Fsp3) is 0.650. The van der Waals surface area contributed by atoms with E-state index in [2.05, 4.69) is 44.4 Å². The van der Waals surface area contributed by atoms with E-state index in [0.29, 0.717) is 0 Å². The third-order valence-corrected chi connectivity index (χ3v) is 6.51. The Morgan fingerprint density at radius 3 is 2.62 bits per heavy atom. The van der Waals surface area contributed by atoms with E-state index < -0.39 is 0 Å². The molecule has 0 aliphatic carbocycles. The summed E-state index contributed by atoms with van der Waals surface area (Å²) in [5.41, 5.74) is 3.59. The van der Waals surface area contributed by atoms with Gasteiger partial charge in [0.15, 0.2) is 0 Å². The summed E-state index contributed by atoms with van der Waals surface area (Å²) in [5.74, 6) is 3.94. The maximum absolute atomic E-state index is 4.89. The van der Waals surface area contributed by atoms with Gasteiger partial charge in [0.1, 0.15) is 18.0 Å². The zero-order chi connectivity index (χ0) is 17.7. The number of nitrogens with zero attached hydrogens (tertiary/aromatic N) is 6. The molecule has 2 aromatic heterocycles. The van der Waals surface area contributed by atoms with Crippen LogP contribution in [-0.2, 0) is 19.5 Å². The molecule has 2 fully saturated rings. The highest BCUT2D eigenvalue weighted by Crippen LogP contribution is 2.35. The number of fused-ring (bicyclic) bond motifs is 2. The SMILES string of the molecule is Cc1ncnc(N2CC3CN(Cc4cn5c(n4)CCCC5)CC3C2)c1C. The van der Waals surface area contributed by atoms with Crippen molar-refractivity contribution < 1.29 is 0 Å². The molecule has 3 aliphatic heterocycles. The molecule has 6 nitrogen and oxygen atoms in total. The molecule has 0 saturated carbocycles. The third kappa shape index (κ3) is 2.80. The Morgan fingerprint density at radius 1 is 1.04 bits per heavy atom. The van der Waals surface area contributed by atoms with Crippen molar-refractivity contribution >= 4 is 5.82 Å². The number of hydrogen-bond acceptors (Lipinski definition) is 5. The van der Waals surface area contributed by atoms with E-state index in [9.17, 15) is 0 Å². The number of aromatic nitrogens is 4. The van der Waals surface area contributed by atoms with Gasteiger partial charge < -0.3 is 9.47 Å². The van der Waals surface area contributed by atoms with Crippen molar-refractivity contribution in [3.05, 3.63) is 35.3 Å². The van der Waals surface area contributed by atoms with Crippen LogP contribution < -0.4 is 4.90 Å². The van der Waals surface area contributed by atoms with Crippen molar-refractivity contribution in [2.75, 3.05) is 31.1 Å². The van der Waals surface area contributed by atoms with Crippen LogP contribution in [0.2, 0.25) is 0 Å². The van der Waals surface area contributed by atoms with Crippen LogP contribution in [-0.4, -0.2) is 50.6 Å². The Morgan fingerprint density at radius 2 is 1.85 bits per heavy atom. The second kappa shape index (κ2) is 6.34. The van der Waals surface area contributed by atoms with Gasteiger partial charge in [0, 0.05) is 63.1 Å². The number of likely N-dealkylation sites (tertiary alicyclic amines) is 1. The third-order valence-electron chi connectivity index (χ3n) is 6.51. The Balaban J connectivity index is 1.23. The minimum Gasteiger partial charge on any atom is -0.356 e. The van der Waals surface area contributed by atoms with E-state index in [-0.39, 0.29) is 0 Å². The summed E-state index contributed by atoms with van der Waals surface area (Å²) in [6.07, 6.45) is 7.74. The lowest BCUT2D eigenvalue weighted by Gasteiger charge is -2.23. The van der Waals surface area contributed by atoms with Gasteiger partial charge >= 0.3 is 0 Å². The second-order valence-corrected chi connectivity index (χ2v) is 8.33. The molecule has 26 heavy (non-hydrogen) atoms. The molecule has 2 atom stereocenters. The Hall–Kier alpha value is -1.95. The average molecular weight is 352 g/mol. The minimum atomic E-state index is 0.752. The smallest absolute Gasteiger partial charge is 0.135 e. The predicted molar refractivity (Wildman–Crippen MR) is 101 cm³/mol. The van der Waals surface area contributed by atoms with Crippen LogP contribution in [0.4, 0.5) is 5.82 Å². The first-order valence-electron chi connectivity index (χ1n) is 9.98. The van der Waals surface area contributed by atoms with Crippen LogP contribution in [0.1, 0.15) is 35.6 Å². The van der Waals surface area contributed by atoms with Crippen LogP contribution >= 0.6 is 0 Å². The zero-order valence-corrected chi connectivity index (χ0v) is 15.9. The summed E-state index contributed by atoms with van der Waals surface area (Å²) < 4.78 is 2.37. The topological polar surface area (TPSA) is 50.1 Å². The molecule has 2 unspecified atom stereocenters. The Kier molecular flexibility index (Phi) is 3.96. The first kappa shape index (κ1) is 16.2. The molecule has 6 heteroatoms. The van der Waals surface area contributed by atoms with Gasteiger partial charge in [-0.2, -0.15) is 0 Å². The fourth-order valence-electron chi connectivity index (χ4n) is 5.01. The van der Waals surface area contributed by atoms with Gasteiger partial charge in [-0.15, -0.1) is 0 Å². The van der Waals surface area contributed by atoms with Crippen LogP contribution in [0, 0.1) is 25.7 Å². The van der Waals surface area contributed by atoms with Crippen molar-refractivity contribution in [2.24, 2.45) is 11.8 Å². The molecule has 2 saturated heterocycles. The van der Waals surface area contributed by atoms with Crippen LogP contribution in [0.3, 0.4) is 0 Å². The van der Waals surface area contributed by atoms with Gasteiger partial charge in [-0.25, -0.2) is 15.0 Å². The van der Waals surface area contributed by atoms with Gasteiger partial charge in [-0.1, -0.05) is 0 Å². The summed E-state index contributed by atoms with van der Waals surface area (Å²) in [4.78, 5) is 18.8. The lowest BCUT2D eigenvalue weighted by molar-refractivity contribution is 0.305. The van der Waals surface area contributed by atoms with Crippen LogP contribution in [0.15, 0.2) is 12.5 Å². The van der Waals surface area contributed by atoms with E-state index in [1.165, 1.54) is 43.0 Å². The standard InChI is InChI=1S/C20H28N6/c1-14-15(2)21-13-22-20(14)26-9-16-7-24(8-17(16)10-26)11-18-12-25-6-4-3-5-19(25)23-18/h12-13,16-17H,3-11H2,1-2H3. The second-order valence-electron chi connectivity index (χ2n) is 8.33. The molecule has 3 aliphatic rings. The summed E-state index contributed by atoms with van der Waals surface area (Å²) in [7, 11) is 0. The highest BCUT2D eigenvalue weighted by molar-refractivity contribution is 5.48.